The van der Waals surface area contributed by atoms with Gasteiger partial charge in [0.25, 0.3) is 0 Å². The third kappa shape index (κ3) is 5.67. The standard InChI is InChI=1S/C30H40ClN/c1-28(2,3)21-10-14-25(15-11-21)32(26-16-12-22(13-17-26)29(4,5)6)27-19-23(30(7,8)9)18-24(31)20-27/h10-12,14-16,18-20H,13,17H2,1-9H3. The van der Waals surface area contributed by atoms with Crippen molar-refractivity contribution in [3.05, 3.63) is 82.0 Å². The van der Waals surface area contributed by atoms with Crippen molar-refractivity contribution in [1.29, 1.82) is 0 Å². The first-order valence-corrected chi connectivity index (χ1v) is 12.2. The van der Waals surface area contributed by atoms with E-state index < -0.39 is 0 Å². The molecule has 2 aromatic rings. The average molecular weight is 450 g/mol. The van der Waals surface area contributed by atoms with Crippen LogP contribution in [0.25, 0.3) is 0 Å². The Bertz CT molecular complexity index is 1020. The maximum absolute atomic E-state index is 6.64. The van der Waals surface area contributed by atoms with E-state index in [1.54, 1.807) is 0 Å². The molecule has 0 fully saturated rings. The highest BCUT2D eigenvalue weighted by atomic mass is 35.5. The van der Waals surface area contributed by atoms with Crippen LogP contribution in [0.5, 0.6) is 0 Å². The Morgan fingerprint density at radius 3 is 1.69 bits per heavy atom. The monoisotopic (exact) mass is 449 g/mol. The van der Waals surface area contributed by atoms with Crippen molar-refractivity contribution in [3.63, 3.8) is 0 Å². The van der Waals surface area contributed by atoms with Gasteiger partial charge in [0, 0.05) is 22.1 Å². The molecule has 1 aliphatic carbocycles. The van der Waals surface area contributed by atoms with E-state index in [9.17, 15) is 0 Å². The fraction of sp³-hybridized carbons (Fsp3) is 0.467. The van der Waals surface area contributed by atoms with E-state index in [4.69, 9.17) is 11.6 Å². The predicted octanol–water partition coefficient (Wildman–Crippen LogP) is 9.72. The van der Waals surface area contributed by atoms with Crippen LogP contribution in [0, 0.1) is 5.41 Å². The molecule has 32 heavy (non-hydrogen) atoms. The molecule has 2 heteroatoms. The van der Waals surface area contributed by atoms with Gasteiger partial charge in [-0.05, 0) is 76.6 Å². The molecular formula is C30H40ClN. The molecule has 0 N–H and O–H groups in total. The van der Waals surface area contributed by atoms with E-state index in [0.717, 1.165) is 23.6 Å². The molecule has 0 heterocycles. The Hall–Kier alpha value is -1.99. The SMILES string of the molecule is CC(C)(C)C1=CC=C(N(c2ccc(C(C)(C)C)cc2)c2cc(Cl)cc(C(C)(C)C)c2)CC1. The Labute approximate surface area is 201 Å². The maximum Gasteiger partial charge on any atom is 0.0476 e. The van der Waals surface area contributed by atoms with E-state index in [1.165, 1.54) is 28.1 Å². The van der Waals surface area contributed by atoms with Crippen molar-refractivity contribution in [2.24, 2.45) is 5.41 Å². The average Bonchev–Trinajstić information content (AvgIpc) is 2.66. The molecule has 3 rings (SSSR count). The van der Waals surface area contributed by atoms with Crippen LogP contribution in [-0.2, 0) is 10.8 Å². The van der Waals surface area contributed by atoms with Gasteiger partial charge < -0.3 is 4.90 Å². The minimum atomic E-state index is 0.0294. The molecule has 172 valence electrons. The summed E-state index contributed by atoms with van der Waals surface area (Å²) in [7, 11) is 0. The Morgan fingerprint density at radius 1 is 0.625 bits per heavy atom. The molecule has 0 atom stereocenters. The van der Waals surface area contributed by atoms with Crippen molar-refractivity contribution in [2.45, 2.75) is 86.0 Å². The van der Waals surface area contributed by atoms with E-state index in [-0.39, 0.29) is 16.2 Å². The van der Waals surface area contributed by atoms with Crippen LogP contribution in [-0.4, -0.2) is 0 Å². The maximum atomic E-state index is 6.64. The smallest absolute Gasteiger partial charge is 0.0476 e. The van der Waals surface area contributed by atoms with Gasteiger partial charge in [-0.25, -0.2) is 0 Å². The van der Waals surface area contributed by atoms with E-state index in [2.05, 4.69) is 122 Å². The fourth-order valence-corrected chi connectivity index (χ4v) is 4.39. The van der Waals surface area contributed by atoms with E-state index >= 15 is 0 Å². The lowest BCUT2D eigenvalue weighted by Crippen LogP contribution is -2.21. The van der Waals surface area contributed by atoms with Crippen LogP contribution in [0.2, 0.25) is 5.02 Å². The van der Waals surface area contributed by atoms with Crippen molar-refractivity contribution < 1.29 is 0 Å². The van der Waals surface area contributed by atoms with E-state index in [0.29, 0.717) is 0 Å². The van der Waals surface area contributed by atoms with Crippen LogP contribution >= 0.6 is 11.6 Å². The summed E-state index contributed by atoms with van der Waals surface area (Å²) >= 11 is 6.64. The summed E-state index contributed by atoms with van der Waals surface area (Å²) in [5.74, 6) is 0. The first kappa shape index (κ1) is 24.6. The number of hydrogen-bond acceptors (Lipinski definition) is 1. The molecular weight excluding hydrogens is 410 g/mol. The highest BCUT2D eigenvalue weighted by Gasteiger charge is 2.24. The molecule has 1 nitrogen and oxygen atoms in total. The summed E-state index contributed by atoms with van der Waals surface area (Å²) in [4.78, 5) is 2.39. The summed E-state index contributed by atoms with van der Waals surface area (Å²) in [5.41, 5.74) is 8.08. The van der Waals surface area contributed by atoms with Crippen LogP contribution < -0.4 is 4.90 Å². The van der Waals surface area contributed by atoms with Gasteiger partial charge in [-0.2, -0.15) is 0 Å². The summed E-state index contributed by atoms with van der Waals surface area (Å²) in [6.07, 6.45) is 6.73. The quantitative estimate of drug-likeness (QED) is 0.450. The zero-order valence-corrected chi connectivity index (χ0v) is 22.2. The summed E-state index contributed by atoms with van der Waals surface area (Å²) in [5, 5.41) is 0.783. The van der Waals surface area contributed by atoms with E-state index in [1.807, 2.05) is 0 Å². The number of halogens is 1. The third-order valence-electron chi connectivity index (χ3n) is 6.38. The molecule has 0 aliphatic heterocycles. The number of nitrogens with zero attached hydrogens (tertiary/aromatic N) is 1. The largest absolute Gasteiger partial charge is 0.314 e. The number of allylic oxidation sites excluding steroid dienone is 4. The Morgan fingerprint density at radius 2 is 1.22 bits per heavy atom. The molecule has 0 saturated heterocycles. The first-order valence-electron chi connectivity index (χ1n) is 11.8. The first-order chi connectivity index (χ1) is 14.7. The van der Waals surface area contributed by atoms with Gasteiger partial charge in [0.1, 0.15) is 0 Å². The normalized spacial score (nSPS) is 15.3. The molecule has 1 aliphatic rings. The number of rotatable bonds is 3. The molecule has 0 unspecified atom stereocenters. The van der Waals surface area contributed by atoms with Gasteiger partial charge in [0.2, 0.25) is 0 Å². The van der Waals surface area contributed by atoms with Gasteiger partial charge in [-0.1, -0.05) is 97.7 Å². The van der Waals surface area contributed by atoms with Gasteiger partial charge in [-0.15, -0.1) is 0 Å². The summed E-state index contributed by atoms with van der Waals surface area (Å²) < 4.78 is 0. The predicted molar refractivity (Wildman–Crippen MR) is 142 cm³/mol. The van der Waals surface area contributed by atoms with Crippen LogP contribution in [0.3, 0.4) is 0 Å². The fourth-order valence-electron chi connectivity index (χ4n) is 4.17. The van der Waals surface area contributed by atoms with Gasteiger partial charge in [0.05, 0.1) is 0 Å². The minimum absolute atomic E-state index is 0.0294. The third-order valence-corrected chi connectivity index (χ3v) is 6.59. The van der Waals surface area contributed by atoms with Crippen molar-refractivity contribution in [1.82, 2.24) is 0 Å². The van der Waals surface area contributed by atoms with Crippen molar-refractivity contribution in [2.75, 3.05) is 4.90 Å². The lowest BCUT2D eigenvalue weighted by molar-refractivity contribution is 0.479. The van der Waals surface area contributed by atoms with Crippen LogP contribution in [0.15, 0.2) is 65.9 Å². The second-order valence-electron chi connectivity index (χ2n) is 12.2. The molecule has 0 radical (unpaired) electrons. The number of benzene rings is 2. The Balaban J connectivity index is 2.15. The molecule has 0 bridgehead atoms. The van der Waals surface area contributed by atoms with Gasteiger partial charge in [-0.3, -0.25) is 0 Å². The lowest BCUT2D eigenvalue weighted by atomic mass is 9.81. The highest BCUT2D eigenvalue weighted by molar-refractivity contribution is 6.31. The minimum Gasteiger partial charge on any atom is -0.314 e. The van der Waals surface area contributed by atoms with Crippen LogP contribution in [0.4, 0.5) is 11.4 Å². The van der Waals surface area contributed by atoms with Gasteiger partial charge in [0.15, 0.2) is 0 Å². The Kier molecular flexibility index (Phi) is 6.74. The molecule has 0 amide bonds. The number of hydrogen-bond donors (Lipinski definition) is 0. The van der Waals surface area contributed by atoms with Crippen molar-refractivity contribution >= 4 is 23.0 Å². The zero-order chi connectivity index (χ0) is 23.9. The molecule has 0 saturated carbocycles. The lowest BCUT2D eigenvalue weighted by Gasteiger charge is -2.33. The second kappa shape index (κ2) is 8.75. The summed E-state index contributed by atoms with van der Waals surface area (Å²) in [6, 6.07) is 15.5. The molecule has 0 spiro atoms. The zero-order valence-electron chi connectivity index (χ0n) is 21.4. The second-order valence-corrected chi connectivity index (χ2v) is 12.6. The highest BCUT2D eigenvalue weighted by Crippen LogP contribution is 2.40. The van der Waals surface area contributed by atoms with Gasteiger partial charge >= 0.3 is 0 Å². The molecule has 0 aromatic heterocycles. The number of anilines is 2. The van der Waals surface area contributed by atoms with Crippen LogP contribution in [0.1, 0.15) is 86.3 Å². The summed E-state index contributed by atoms with van der Waals surface area (Å²) in [6.45, 7) is 20.4. The molecule has 2 aromatic carbocycles. The topological polar surface area (TPSA) is 3.24 Å². The van der Waals surface area contributed by atoms with Crippen molar-refractivity contribution in [3.8, 4) is 0 Å².